The first kappa shape index (κ1) is 11.9. The van der Waals surface area contributed by atoms with Crippen LogP contribution in [-0.2, 0) is 6.54 Å². The molecular formula is C16H19N3O. The van der Waals surface area contributed by atoms with Gasteiger partial charge >= 0.3 is 0 Å². The molecule has 0 saturated heterocycles. The quantitative estimate of drug-likeness (QED) is 0.855. The van der Waals surface area contributed by atoms with Crippen LogP contribution in [0.3, 0.4) is 0 Å². The molecule has 1 aliphatic heterocycles. The Bertz CT molecular complexity index is 618. The van der Waals surface area contributed by atoms with E-state index < -0.39 is 0 Å². The summed E-state index contributed by atoms with van der Waals surface area (Å²) in [7, 11) is 0. The van der Waals surface area contributed by atoms with Crippen molar-refractivity contribution in [2.75, 3.05) is 11.4 Å². The highest BCUT2D eigenvalue weighted by Crippen LogP contribution is 2.39. The van der Waals surface area contributed by atoms with Gasteiger partial charge in [-0.1, -0.05) is 25.1 Å². The van der Waals surface area contributed by atoms with Crippen molar-refractivity contribution in [1.82, 2.24) is 10.2 Å². The van der Waals surface area contributed by atoms with Crippen LogP contribution in [0, 0.1) is 0 Å². The summed E-state index contributed by atoms with van der Waals surface area (Å²) in [6.07, 6.45) is 3.58. The molecule has 0 bridgehead atoms. The van der Waals surface area contributed by atoms with Crippen molar-refractivity contribution in [3.63, 3.8) is 0 Å². The second kappa shape index (κ2) is 4.62. The molecule has 1 fully saturated rings. The van der Waals surface area contributed by atoms with Crippen molar-refractivity contribution in [1.29, 1.82) is 0 Å². The zero-order valence-corrected chi connectivity index (χ0v) is 11.7. The Morgan fingerprint density at radius 3 is 2.90 bits per heavy atom. The molecule has 1 aromatic carbocycles. The van der Waals surface area contributed by atoms with Crippen LogP contribution >= 0.6 is 0 Å². The Morgan fingerprint density at radius 1 is 1.20 bits per heavy atom. The molecule has 4 nitrogen and oxygen atoms in total. The van der Waals surface area contributed by atoms with E-state index in [0.717, 1.165) is 24.9 Å². The standard InChI is InChI=1S/C16H19N3O/c1-11-8-9-19(14-5-3-2-4-13(11)14)10-15-17-18-16(20-15)12-6-7-12/h2-5,11-12H,6-10H2,1H3. The predicted molar refractivity (Wildman–Crippen MR) is 76.8 cm³/mol. The Balaban J connectivity index is 1.57. The number of rotatable bonds is 3. The van der Waals surface area contributed by atoms with E-state index in [0.29, 0.717) is 11.8 Å². The zero-order valence-electron chi connectivity index (χ0n) is 11.7. The Morgan fingerprint density at radius 2 is 2.05 bits per heavy atom. The van der Waals surface area contributed by atoms with Crippen molar-refractivity contribution >= 4 is 5.69 Å². The minimum atomic E-state index is 0.532. The van der Waals surface area contributed by atoms with Crippen LogP contribution in [0.5, 0.6) is 0 Å². The number of nitrogens with zero attached hydrogens (tertiary/aromatic N) is 3. The number of hydrogen-bond acceptors (Lipinski definition) is 4. The molecule has 2 heterocycles. The van der Waals surface area contributed by atoms with Crippen LogP contribution in [0.25, 0.3) is 0 Å². The third-order valence-corrected chi connectivity index (χ3v) is 4.38. The summed E-state index contributed by atoms with van der Waals surface area (Å²) in [5.74, 6) is 2.74. The van der Waals surface area contributed by atoms with Gasteiger partial charge in [0.25, 0.3) is 0 Å². The number of anilines is 1. The molecule has 1 saturated carbocycles. The predicted octanol–water partition coefficient (Wildman–Crippen LogP) is 3.46. The molecule has 1 aromatic heterocycles. The van der Waals surface area contributed by atoms with Gasteiger partial charge in [0.05, 0.1) is 6.54 Å². The van der Waals surface area contributed by atoms with Gasteiger partial charge in [-0.25, -0.2) is 0 Å². The van der Waals surface area contributed by atoms with Gasteiger partial charge in [-0.05, 0) is 36.8 Å². The molecule has 1 aliphatic carbocycles. The SMILES string of the molecule is CC1CCN(Cc2nnc(C3CC3)o2)c2ccccc21. The van der Waals surface area contributed by atoms with Gasteiger partial charge in [0.1, 0.15) is 0 Å². The van der Waals surface area contributed by atoms with Crippen LogP contribution in [0.15, 0.2) is 28.7 Å². The number of hydrogen-bond donors (Lipinski definition) is 0. The molecule has 0 spiro atoms. The first-order chi connectivity index (χ1) is 9.81. The van der Waals surface area contributed by atoms with E-state index in [9.17, 15) is 0 Å². The normalized spacial score (nSPS) is 21.9. The summed E-state index contributed by atoms with van der Waals surface area (Å²) >= 11 is 0. The second-order valence-corrected chi connectivity index (χ2v) is 5.98. The lowest BCUT2D eigenvalue weighted by atomic mass is 9.91. The van der Waals surface area contributed by atoms with E-state index in [1.807, 2.05) is 0 Å². The van der Waals surface area contributed by atoms with Gasteiger partial charge in [0, 0.05) is 18.2 Å². The first-order valence-corrected chi connectivity index (χ1v) is 7.47. The van der Waals surface area contributed by atoms with Crippen molar-refractivity contribution in [3.05, 3.63) is 41.6 Å². The van der Waals surface area contributed by atoms with Gasteiger partial charge in [0.15, 0.2) is 0 Å². The van der Waals surface area contributed by atoms with E-state index in [-0.39, 0.29) is 0 Å². The summed E-state index contributed by atoms with van der Waals surface area (Å²) < 4.78 is 5.79. The van der Waals surface area contributed by atoms with E-state index in [1.165, 1.54) is 30.5 Å². The maximum atomic E-state index is 5.79. The molecule has 1 unspecified atom stereocenters. The molecule has 0 N–H and O–H groups in total. The van der Waals surface area contributed by atoms with Gasteiger partial charge in [-0.3, -0.25) is 0 Å². The molecule has 4 rings (SSSR count). The van der Waals surface area contributed by atoms with Gasteiger partial charge in [-0.2, -0.15) is 0 Å². The zero-order chi connectivity index (χ0) is 13.5. The van der Waals surface area contributed by atoms with E-state index in [1.54, 1.807) is 0 Å². The highest BCUT2D eigenvalue weighted by Gasteiger charge is 2.30. The van der Waals surface area contributed by atoms with Crippen molar-refractivity contribution in [3.8, 4) is 0 Å². The molecule has 104 valence electrons. The van der Waals surface area contributed by atoms with E-state index in [4.69, 9.17) is 4.42 Å². The Labute approximate surface area is 118 Å². The fourth-order valence-corrected chi connectivity index (χ4v) is 2.97. The maximum absolute atomic E-state index is 5.79. The van der Waals surface area contributed by atoms with Crippen LogP contribution in [0.2, 0.25) is 0 Å². The third kappa shape index (κ3) is 2.09. The van der Waals surface area contributed by atoms with Crippen molar-refractivity contribution in [2.45, 2.75) is 44.6 Å². The van der Waals surface area contributed by atoms with Gasteiger partial charge < -0.3 is 9.32 Å². The number of para-hydroxylation sites is 1. The average Bonchev–Trinajstić information content (AvgIpc) is 3.23. The molecule has 4 heteroatoms. The molecule has 2 aliphatic rings. The highest BCUT2D eigenvalue weighted by atomic mass is 16.4. The van der Waals surface area contributed by atoms with Crippen molar-refractivity contribution in [2.24, 2.45) is 0 Å². The lowest BCUT2D eigenvalue weighted by Crippen LogP contribution is -2.30. The Hall–Kier alpha value is -1.84. The summed E-state index contributed by atoms with van der Waals surface area (Å²) in [4.78, 5) is 2.36. The van der Waals surface area contributed by atoms with Crippen LogP contribution in [-0.4, -0.2) is 16.7 Å². The first-order valence-electron chi connectivity index (χ1n) is 7.47. The van der Waals surface area contributed by atoms with Crippen LogP contribution in [0.1, 0.15) is 55.4 Å². The summed E-state index contributed by atoms with van der Waals surface area (Å²) in [5.41, 5.74) is 2.75. The van der Waals surface area contributed by atoms with E-state index in [2.05, 4.69) is 46.3 Å². The Kier molecular flexibility index (Phi) is 2.76. The minimum absolute atomic E-state index is 0.532. The molecule has 0 radical (unpaired) electrons. The molecular weight excluding hydrogens is 250 g/mol. The third-order valence-electron chi connectivity index (χ3n) is 4.38. The fraction of sp³-hybridized carbons (Fsp3) is 0.500. The molecule has 20 heavy (non-hydrogen) atoms. The molecule has 2 aromatic rings. The number of benzene rings is 1. The van der Waals surface area contributed by atoms with E-state index >= 15 is 0 Å². The summed E-state index contributed by atoms with van der Waals surface area (Å²) in [6.45, 7) is 4.08. The molecule has 1 atom stereocenters. The minimum Gasteiger partial charge on any atom is -0.423 e. The second-order valence-electron chi connectivity index (χ2n) is 5.98. The maximum Gasteiger partial charge on any atom is 0.235 e. The summed E-state index contributed by atoms with van der Waals surface area (Å²) in [5, 5.41) is 8.38. The lowest BCUT2D eigenvalue weighted by Gasteiger charge is -2.33. The number of fused-ring (bicyclic) bond motifs is 1. The largest absolute Gasteiger partial charge is 0.423 e. The fourth-order valence-electron chi connectivity index (χ4n) is 2.97. The topological polar surface area (TPSA) is 42.2 Å². The van der Waals surface area contributed by atoms with Crippen molar-refractivity contribution < 1.29 is 4.42 Å². The van der Waals surface area contributed by atoms with Crippen LogP contribution < -0.4 is 4.90 Å². The highest BCUT2D eigenvalue weighted by molar-refractivity contribution is 5.56. The summed E-state index contributed by atoms with van der Waals surface area (Å²) in [6, 6.07) is 8.66. The lowest BCUT2D eigenvalue weighted by molar-refractivity contribution is 0.441. The van der Waals surface area contributed by atoms with Gasteiger partial charge in [-0.15, -0.1) is 10.2 Å². The smallest absolute Gasteiger partial charge is 0.235 e. The molecule has 0 amide bonds. The van der Waals surface area contributed by atoms with Crippen LogP contribution in [0.4, 0.5) is 5.69 Å². The van der Waals surface area contributed by atoms with Gasteiger partial charge in [0.2, 0.25) is 11.8 Å². The number of aromatic nitrogens is 2. The average molecular weight is 269 g/mol. The monoisotopic (exact) mass is 269 g/mol.